The Kier molecular flexibility index (Phi) is 4.98. The van der Waals surface area contributed by atoms with E-state index in [2.05, 4.69) is 13.0 Å². The van der Waals surface area contributed by atoms with Crippen molar-refractivity contribution < 1.29 is 14.3 Å². The molecule has 4 heteroatoms. The zero-order valence-electron chi connectivity index (χ0n) is 10.8. The molecular weight excluding hydrogens is 260 g/mol. The molecule has 0 atom stereocenters. The van der Waals surface area contributed by atoms with E-state index < -0.39 is 0 Å². The maximum Gasteiger partial charge on any atom is 0.348 e. The molecule has 0 aliphatic heterocycles. The molecule has 2 aromatic rings. The molecule has 1 heterocycles. The van der Waals surface area contributed by atoms with Gasteiger partial charge in [-0.25, -0.2) is 4.79 Å². The lowest BCUT2D eigenvalue weighted by Crippen LogP contribution is -2.11. The number of rotatable bonds is 6. The van der Waals surface area contributed by atoms with Gasteiger partial charge in [0.15, 0.2) is 0 Å². The molecule has 19 heavy (non-hydrogen) atoms. The largest absolute Gasteiger partial charge is 0.490 e. The minimum absolute atomic E-state index is 0.257. The van der Waals surface area contributed by atoms with Gasteiger partial charge in [-0.15, -0.1) is 11.3 Å². The number of benzene rings is 1. The normalized spacial score (nSPS) is 10.2. The van der Waals surface area contributed by atoms with Gasteiger partial charge in [-0.05, 0) is 35.6 Å². The van der Waals surface area contributed by atoms with Crippen molar-refractivity contribution in [3.63, 3.8) is 0 Å². The first kappa shape index (κ1) is 13.6. The molecule has 0 fully saturated rings. The number of carbonyl (C=O) groups excluding carboxylic acids is 1. The molecule has 1 aromatic carbocycles. The van der Waals surface area contributed by atoms with Gasteiger partial charge in [0.05, 0.1) is 0 Å². The monoisotopic (exact) mass is 276 g/mol. The van der Waals surface area contributed by atoms with Gasteiger partial charge in [-0.2, -0.15) is 0 Å². The SMILES string of the molecule is CCc1cccc(OCCOC(=O)c2cccs2)c1. The summed E-state index contributed by atoms with van der Waals surface area (Å²) in [6, 6.07) is 11.5. The van der Waals surface area contributed by atoms with E-state index in [1.54, 1.807) is 6.07 Å². The van der Waals surface area contributed by atoms with Crippen LogP contribution in [-0.4, -0.2) is 19.2 Å². The van der Waals surface area contributed by atoms with E-state index in [0.29, 0.717) is 11.5 Å². The maximum atomic E-state index is 11.6. The van der Waals surface area contributed by atoms with Gasteiger partial charge in [0.2, 0.25) is 0 Å². The van der Waals surface area contributed by atoms with Crippen LogP contribution in [0, 0.1) is 0 Å². The third-order valence-electron chi connectivity index (χ3n) is 2.61. The van der Waals surface area contributed by atoms with Gasteiger partial charge >= 0.3 is 5.97 Å². The number of ether oxygens (including phenoxy) is 2. The second-order valence-corrected chi connectivity index (χ2v) is 4.91. The van der Waals surface area contributed by atoms with Crippen LogP contribution in [0.3, 0.4) is 0 Å². The lowest BCUT2D eigenvalue weighted by atomic mass is 10.2. The van der Waals surface area contributed by atoms with Crippen LogP contribution in [-0.2, 0) is 11.2 Å². The lowest BCUT2D eigenvalue weighted by molar-refractivity contribution is 0.0456. The van der Waals surface area contributed by atoms with Crippen LogP contribution in [0.15, 0.2) is 41.8 Å². The van der Waals surface area contributed by atoms with Crippen LogP contribution in [0.25, 0.3) is 0 Å². The third kappa shape index (κ3) is 4.10. The molecule has 0 unspecified atom stereocenters. The summed E-state index contributed by atoms with van der Waals surface area (Å²) in [6.07, 6.45) is 0.977. The van der Waals surface area contributed by atoms with E-state index in [1.165, 1.54) is 16.9 Å². The van der Waals surface area contributed by atoms with Crippen molar-refractivity contribution in [3.8, 4) is 5.75 Å². The molecule has 2 rings (SSSR count). The molecule has 0 saturated heterocycles. The minimum atomic E-state index is -0.291. The summed E-state index contributed by atoms with van der Waals surface area (Å²) < 4.78 is 10.7. The van der Waals surface area contributed by atoms with Gasteiger partial charge in [-0.3, -0.25) is 0 Å². The van der Waals surface area contributed by atoms with Gasteiger partial charge in [0, 0.05) is 0 Å². The van der Waals surface area contributed by atoms with E-state index >= 15 is 0 Å². The number of hydrogen-bond acceptors (Lipinski definition) is 4. The molecule has 1 aromatic heterocycles. The van der Waals surface area contributed by atoms with Crippen molar-refractivity contribution in [2.24, 2.45) is 0 Å². The van der Waals surface area contributed by atoms with E-state index in [-0.39, 0.29) is 12.6 Å². The summed E-state index contributed by atoms with van der Waals surface area (Å²) >= 11 is 1.38. The molecule has 0 aliphatic rings. The molecule has 0 radical (unpaired) electrons. The molecule has 0 saturated carbocycles. The second kappa shape index (κ2) is 6.95. The fourth-order valence-electron chi connectivity index (χ4n) is 1.61. The van der Waals surface area contributed by atoms with E-state index in [9.17, 15) is 4.79 Å². The molecule has 0 bridgehead atoms. The van der Waals surface area contributed by atoms with Gasteiger partial charge in [0.1, 0.15) is 23.8 Å². The third-order valence-corrected chi connectivity index (χ3v) is 3.46. The Bertz CT molecular complexity index is 520. The average molecular weight is 276 g/mol. The predicted molar refractivity (Wildman–Crippen MR) is 75.9 cm³/mol. The summed E-state index contributed by atoms with van der Waals surface area (Å²) in [4.78, 5) is 12.2. The summed E-state index contributed by atoms with van der Waals surface area (Å²) in [7, 11) is 0. The molecule has 100 valence electrons. The Morgan fingerprint density at radius 3 is 2.84 bits per heavy atom. The fraction of sp³-hybridized carbons (Fsp3) is 0.267. The van der Waals surface area contributed by atoms with Gasteiger partial charge < -0.3 is 9.47 Å². The van der Waals surface area contributed by atoms with Crippen LogP contribution in [0.1, 0.15) is 22.2 Å². The van der Waals surface area contributed by atoms with E-state index in [1.807, 2.05) is 29.6 Å². The van der Waals surface area contributed by atoms with Crippen molar-refractivity contribution in [3.05, 3.63) is 52.2 Å². The van der Waals surface area contributed by atoms with E-state index in [0.717, 1.165) is 12.2 Å². The predicted octanol–water partition coefficient (Wildman–Crippen LogP) is 3.55. The molecule has 0 amide bonds. The smallest absolute Gasteiger partial charge is 0.348 e. The Labute approximate surface area is 116 Å². The molecule has 0 N–H and O–H groups in total. The van der Waals surface area contributed by atoms with Gasteiger partial charge in [0.25, 0.3) is 0 Å². The fourth-order valence-corrected chi connectivity index (χ4v) is 2.23. The lowest BCUT2D eigenvalue weighted by Gasteiger charge is -2.07. The van der Waals surface area contributed by atoms with Crippen molar-refractivity contribution in [2.75, 3.05) is 13.2 Å². The summed E-state index contributed by atoms with van der Waals surface area (Å²) in [6.45, 7) is 2.72. The Hall–Kier alpha value is -1.81. The molecule has 0 spiro atoms. The van der Waals surface area contributed by atoms with Gasteiger partial charge in [-0.1, -0.05) is 25.1 Å². The van der Waals surface area contributed by atoms with Crippen LogP contribution in [0.2, 0.25) is 0 Å². The second-order valence-electron chi connectivity index (χ2n) is 3.96. The Balaban J connectivity index is 1.73. The standard InChI is InChI=1S/C15H16O3S/c1-2-12-5-3-6-13(11-12)17-8-9-18-15(16)14-7-4-10-19-14/h3-7,10-11H,2,8-9H2,1H3. The molecule has 0 aliphatic carbocycles. The maximum absolute atomic E-state index is 11.6. The van der Waals surface area contributed by atoms with Crippen molar-refractivity contribution in [2.45, 2.75) is 13.3 Å². The highest BCUT2D eigenvalue weighted by atomic mass is 32.1. The zero-order chi connectivity index (χ0) is 13.5. The van der Waals surface area contributed by atoms with Crippen LogP contribution in [0.4, 0.5) is 0 Å². The van der Waals surface area contributed by atoms with Crippen LogP contribution >= 0.6 is 11.3 Å². The Morgan fingerprint density at radius 1 is 1.21 bits per heavy atom. The first-order valence-corrected chi connectivity index (χ1v) is 7.10. The molecular formula is C15H16O3S. The number of hydrogen-bond donors (Lipinski definition) is 0. The first-order valence-electron chi connectivity index (χ1n) is 6.22. The minimum Gasteiger partial charge on any atom is -0.490 e. The topological polar surface area (TPSA) is 35.5 Å². The molecule has 3 nitrogen and oxygen atoms in total. The summed E-state index contributed by atoms with van der Waals surface area (Å²) in [5, 5.41) is 1.85. The van der Waals surface area contributed by atoms with Crippen molar-refractivity contribution in [1.29, 1.82) is 0 Å². The van der Waals surface area contributed by atoms with Crippen LogP contribution < -0.4 is 4.74 Å². The zero-order valence-corrected chi connectivity index (χ0v) is 11.6. The Morgan fingerprint density at radius 2 is 2.11 bits per heavy atom. The van der Waals surface area contributed by atoms with E-state index in [4.69, 9.17) is 9.47 Å². The summed E-state index contributed by atoms with van der Waals surface area (Å²) in [5.41, 5.74) is 1.23. The highest BCUT2D eigenvalue weighted by Gasteiger charge is 2.07. The quantitative estimate of drug-likeness (QED) is 0.598. The summed E-state index contributed by atoms with van der Waals surface area (Å²) in [5.74, 6) is 0.521. The number of carbonyl (C=O) groups is 1. The average Bonchev–Trinajstić information content (AvgIpc) is 2.98. The van der Waals surface area contributed by atoms with Crippen molar-refractivity contribution >= 4 is 17.3 Å². The van der Waals surface area contributed by atoms with Crippen LogP contribution in [0.5, 0.6) is 5.75 Å². The highest BCUT2D eigenvalue weighted by molar-refractivity contribution is 7.11. The van der Waals surface area contributed by atoms with Crippen molar-refractivity contribution in [1.82, 2.24) is 0 Å². The number of thiophene rings is 1. The number of aryl methyl sites for hydroxylation is 1. The highest BCUT2D eigenvalue weighted by Crippen LogP contribution is 2.14. The number of esters is 1. The first-order chi connectivity index (χ1) is 9.29.